The van der Waals surface area contributed by atoms with Gasteiger partial charge in [-0.1, -0.05) is 13.0 Å². The van der Waals surface area contributed by atoms with Crippen molar-refractivity contribution in [3.8, 4) is 11.5 Å². The topological polar surface area (TPSA) is 42.5 Å². The molecule has 1 saturated heterocycles. The number of nitrogens with one attached hydrogen (secondary N) is 2. The molecule has 0 bridgehead atoms. The Kier molecular flexibility index (Phi) is 3.85. The molecule has 3 rings (SSSR count). The molecule has 0 radical (unpaired) electrons. The molecular formula is C16H24N2O2. The predicted molar refractivity (Wildman–Crippen MR) is 79.5 cm³/mol. The number of hydrogen-bond acceptors (Lipinski definition) is 4. The van der Waals surface area contributed by atoms with Gasteiger partial charge < -0.3 is 20.1 Å². The summed E-state index contributed by atoms with van der Waals surface area (Å²) in [4.78, 5) is 0. The third-order valence-corrected chi connectivity index (χ3v) is 4.46. The number of fused-ring (bicyclic) bond motifs is 1. The summed E-state index contributed by atoms with van der Waals surface area (Å²) in [6.07, 6.45) is 3.21. The fourth-order valence-electron chi connectivity index (χ4n) is 3.39. The van der Waals surface area contributed by atoms with Crippen molar-refractivity contribution < 1.29 is 9.47 Å². The van der Waals surface area contributed by atoms with Crippen LogP contribution in [0.5, 0.6) is 11.5 Å². The van der Waals surface area contributed by atoms with Gasteiger partial charge in [-0.15, -0.1) is 0 Å². The highest BCUT2D eigenvalue weighted by molar-refractivity contribution is 5.44. The van der Waals surface area contributed by atoms with E-state index in [4.69, 9.17) is 9.47 Å². The zero-order valence-corrected chi connectivity index (χ0v) is 12.4. The zero-order valence-electron chi connectivity index (χ0n) is 12.4. The molecule has 2 heterocycles. The molecular weight excluding hydrogens is 252 g/mol. The molecule has 1 aromatic carbocycles. The van der Waals surface area contributed by atoms with Gasteiger partial charge in [0.1, 0.15) is 17.1 Å². The minimum atomic E-state index is -0.0164. The van der Waals surface area contributed by atoms with E-state index < -0.39 is 0 Å². The lowest BCUT2D eigenvalue weighted by atomic mass is 9.81. The Morgan fingerprint density at radius 2 is 2.20 bits per heavy atom. The highest BCUT2D eigenvalue weighted by Gasteiger charge is 2.41. The van der Waals surface area contributed by atoms with Gasteiger partial charge in [0.05, 0.1) is 7.11 Å². The summed E-state index contributed by atoms with van der Waals surface area (Å²) < 4.78 is 11.8. The first-order chi connectivity index (χ1) is 9.76. The van der Waals surface area contributed by atoms with Crippen molar-refractivity contribution in [1.29, 1.82) is 0 Å². The van der Waals surface area contributed by atoms with E-state index in [1.54, 1.807) is 7.11 Å². The number of methoxy groups -OCH3 is 1. The predicted octanol–water partition coefficient (Wildman–Crippen LogP) is 2.25. The van der Waals surface area contributed by atoms with Crippen LogP contribution in [-0.2, 0) is 0 Å². The smallest absolute Gasteiger partial charge is 0.128 e. The van der Waals surface area contributed by atoms with Gasteiger partial charge in [0.15, 0.2) is 0 Å². The third kappa shape index (κ3) is 2.50. The summed E-state index contributed by atoms with van der Waals surface area (Å²) in [5.41, 5.74) is 1.24. The molecule has 0 amide bonds. The van der Waals surface area contributed by atoms with Crippen LogP contribution >= 0.6 is 0 Å². The molecule has 2 N–H and O–H groups in total. The second-order valence-electron chi connectivity index (χ2n) is 5.75. The van der Waals surface area contributed by atoms with E-state index >= 15 is 0 Å². The molecule has 2 aliphatic heterocycles. The summed E-state index contributed by atoms with van der Waals surface area (Å²) >= 11 is 0. The SMILES string of the molecule is CCNC1CC2(CCNCC2)Oc2cc(OC)ccc21. The fraction of sp³-hybridized carbons (Fsp3) is 0.625. The van der Waals surface area contributed by atoms with Gasteiger partial charge >= 0.3 is 0 Å². The first-order valence-corrected chi connectivity index (χ1v) is 7.57. The molecule has 110 valence electrons. The first kappa shape index (κ1) is 13.7. The van der Waals surface area contributed by atoms with Crippen LogP contribution in [0.1, 0.15) is 37.8 Å². The number of rotatable bonds is 3. The average Bonchev–Trinajstić information content (AvgIpc) is 2.47. The third-order valence-electron chi connectivity index (χ3n) is 4.46. The van der Waals surface area contributed by atoms with Gasteiger partial charge in [-0.25, -0.2) is 0 Å². The van der Waals surface area contributed by atoms with Crippen molar-refractivity contribution in [3.05, 3.63) is 23.8 Å². The molecule has 0 aliphatic carbocycles. The Morgan fingerprint density at radius 3 is 2.90 bits per heavy atom. The van der Waals surface area contributed by atoms with Gasteiger partial charge in [-0.2, -0.15) is 0 Å². The average molecular weight is 276 g/mol. The van der Waals surface area contributed by atoms with Gasteiger partial charge in [0, 0.05) is 24.1 Å². The summed E-state index contributed by atoms with van der Waals surface area (Å²) in [5, 5.41) is 7.03. The van der Waals surface area contributed by atoms with Crippen molar-refractivity contribution in [2.75, 3.05) is 26.7 Å². The van der Waals surface area contributed by atoms with Gasteiger partial charge in [-0.3, -0.25) is 0 Å². The fourth-order valence-corrected chi connectivity index (χ4v) is 3.39. The molecule has 1 aromatic rings. The lowest BCUT2D eigenvalue weighted by Gasteiger charge is -2.45. The standard InChI is InChI=1S/C16H24N2O2/c1-3-18-14-11-16(6-8-17-9-7-16)20-15-10-12(19-2)4-5-13(14)15/h4-5,10,14,17-18H,3,6-9,11H2,1-2H3. The number of benzene rings is 1. The quantitative estimate of drug-likeness (QED) is 0.888. The van der Waals surface area contributed by atoms with Crippen molar-refractivity contribution in [3.63, 3.8) is 0 Å². The molecule has 1 unspecified atom stereocenters. The molecule has 4 heteroatoms. The number of hydrogen-bond donors (Lipinski definition) is 2. The second kappa shape index (κ2) is 5.62. The lowest BCUT2D eigenvalue weighted by molar-refractivity contribution is 0.00322. The summed E-state index contributed by atoms with van der Waals surface area (Å²) in [5.74, 6) is 1.86. The van der Waals surface area contributed by atoms with E-state index in [1.807, 2.05) is 12.1 Å². The zero-order chi connectivity index (χ0) is 14.0. The van der Waals surface area contributed by atoms with E-state index in [-0.39, 0.29) is 5.60 Å². The van der Waals surface area contributed by atoms with Crippen molar-refractivity contribution >= 4 is 0 Å². The Morgan fingerprint density at radius 1 is 1.40 bits per heavy atom. The molecule has 1 spiro atoms. The van der Waals surface area contributed by atoms with Gasteiger partial charge in [-0.05, 0) is 38.5 Å². The molecule has 0 saturated carbocycles. The maximum Gasteiger partial charge on any atom is 0.128 e. The summed E-state index contributed by atoms with van der Waals surface area (Å²) in [7, 11) is 1.70. The van der Waals surface area contributed by atoms with Gasteiger partial charge in [0.25, 0.3) is 0 Å². The maximum absolute atomic E-state index is 6.42. The largest absolute Gasteiger partial charge is 0.497 e. The van der Waals surface area contributed by atoms with E-state index in [1.165, 1.54) is 5.56 Å². The van der Waals surface area contributed by atoms with Crippen LogP contribution in [0.15, 0.2) is 18.2 Å². The molecule has 4 nitrogen and oxygen atoms in total. The summed E-state index contributed by atoms with van der Waals surface area (Å²) in [6.45, 7) is 5.22. The van der Waals surface area contributed by atoms with Crippen LogP contribution in [-0.4, -0.2) is 32.3 Å². The van der Waals surface area contributed by atoms with Gasteiger partial charge in [0.2, 0.25) is 0 Å². The Hall–Kier alpha value is -1.26. The van der Waals surface area contributed by atoms with Crippen LogP contribution in [0.2, 0.25) is 0 Å². The Labute approximate surface area is 120 Å². The minimum Gasteiger partial charge on any atom is -0.497 e. The van der Waals surface area contributed by atoms with Crippen LogP contribution in [0.4, 0.5) is 0 Å². The van der Waals surface area contributed by atoms with E-state index in [2.05, 4.69) is 23.6 Å². The van der Waals surface area contributed by atoms with Crippen molar-refractivity contribution in [1.82, 2.24) is 10.6 Å². The van der Waals surface area contributed by atoms with Crippen LogP contribution in [0.25, 0.3) is 0 Å². The normalized spacial score (nSPS) is 24.0. The van der Waals surface area contributed by atoms with Crippen LogP contribution < -0.4 is 20.1 Å². The number of ether oxygens (including phenoxy) is 2. The van der Waals surface area contributed by atoms with Crippen LogP contribution in [0.3, 0.4) is 0 Å². The van der Waals surface area contributed by atoms with E-state index in [0.29, 0.717) is 6.04 Å². The summed E-state index contributed by atoms with van der Waals surface area (Å²) in [6, 6.07) is 6.57. The lowest BCUT2D eigenvalue weighted by Crippen LogP contribution is -2.50. The molecule has 1 atom stereocenters. The molecule has 0 aromatic heterocycles. The van der Waals surface area contributed by atoms with E-state index in [0.717, 1.165) is 50.4 Å². The van der Waals surface area contributed by atoms with Crippen molar-refractivity contribution in [2.45, 2.75) is 37.8 Å². The first-order valence-electron chi connectivity index (χ1n) is 7.57. The molecule has 1 fully saturated rings. The van der Waals surface area contributed by atoms with Crippen molar-refractivity contribution in [2.24, 2.45) is 0 Å². The highest BCUT2D eigenvalue weighted by Crippen LogP contribution is 2.44. The Balaban J connectivity index is 1.94. The molecule has 2 aliphatic rings. The second-order valence-corrected chi connectivity index (χ2v) is 5.75. The van der Waals surface area contributed by atoms with E-state index in [9.17, 15) is 0 Å². The van der Waals surface area contributed by atoms with Crippen LogP contribution in [0, 0.1) is 0 Å². The monoisotopic (exact) mass is 276 g/mol. The Bertz CT molecular complexity index is 470. The molecule has 20 heavy (non-hydrogen) atoms. The number of piperidine rings is 1. The minimum absolute atomic E-state index is 0.0164. The highest BCUT2D eigenvalue weighted by atomic mass is 16.5. The maximum atomic E-state index is 6.42.